The zero-order chi connectivity index (χ0) is 20.9. The van der Waals surface area contributed by atoms with Gasteiger partial charge in [-0.2, -0.15) is 0 Å². The third kappa shape index (κ3) is 4.28. The molecule has 4 aromatic rings. The Morgan fingerprint density at radius 3 is 2.37 bits per heavy atom. The molecule has 0 saturated heterocycles. The van der Waals surface area contributed by atoms with E-state index in [0.29, 0.717) is 0 Å². The highest BCUT2D eigenvalue weighted by atomic mass is 16.1. The van der Waals surface area contributed by atoms with E-state index in [1.54, 1.807) is 0 Å². The molecule has 1 atom stereocenters. The van der Waals surface area contributed by atoms with Crippen LogP contribution in [0, 0.1) is 0 Å². The van der Waals surface area contributed by atoms with Crippen molar-refractivity contribution >= 4 is 22.6 Å². The van der Waals surface area contributed by atoms with Crippen LogP contribution in [0.1, 0.15) is 36.2 Å². The summed E-state index contributed by atoms with van der Waals surface area (Å²) in [6.45, 7) is 2.04. The summed E-state index contributed by atoms with van der Waals surface area (Å²) in [6, 6.07) is 26.4. The van der Waals surface area contributed by atoms with Gasteiger partial charge in [0.2, 0.25) is 5.91 Å². The quantitative estimate of drug-likeness (QED) is 0.448. The fourth-order valence-electron chi connectivity index (χ4n) is 3.94. The molecule has 1 unspecified atom stereocenters. The zero-order valence-corrected chi connectivity index (χ0v) is 17.5. The SMILES string of the molecule is CCC(C(=O)Nc1ccc2c(c1)nc(CCc1ccccc1)n2C)c1ccccc1. The monoisotopic (exact) mass is 397 g/mol. The van der Waals surface area contributed by atoms with Gasteiger partial charge in [0.05, 0.1) is 17.0 Å². The van der Waals surface area contributed by atoms with E-state index in [4.69, 9.17) is 4.98 Å². The molecule has 3 aromatic carbocycles. The molecule has 30 heavy (non-hydrogen) atoms. The maximum absolute atomic E-state index is 12.9. The lowest BCUT2D eigenvalue weighted by Gasteiger charge is -2.15. The molecule has 0 aliphatic heterocycles. The number of rotatable bonds is 7. The van der Waals surface area contributed by atoms with Gasteiger partial charge in [0.1, 0.15) is 5.82 Å². The lowest BCUT2D eigenvalue weighted by molar-refractivity contribution is -0.117. The normalized spacial score (nSPS) is 12.1. The number of nitrogens with zero attached hydrogens (tertiary/aromatic N) is 2. The maximum Gasteiger partial charge on any atom is 0.231 e. The first kappa shape index (κ1) is 19.9. The Bertz CT molecular complexity index is 1130. The number of hydrogen-bond acceptors (Lipinski definition) is 2. The number of nitrogens with one attached hydrogen (secondary N) is 1. The number of carbonyl (C=O) groups is 1. The third-order valence-corrected chi connectivity index (χ3v) is 5.65. The number of amides is 1. The van der Waals surface area contributed by atoms with Crippen molar-refractivity contribution in [3.63, 3.8) is 0 Å². The van der Waals surface area contributed by atoms with Crippen LogP contribution < -0.4 is 5.32 Å². The van der Waals surface area contributed by atoms with Crippen molar-refractivity contribution in [2.24, 2.45) is 7.05 Å². The predicted molar refractivity (Wildman–Crippen MR) is 123 cm³/mol. The first-order valence-electron chi connectivity index (χ1n) is 10.5. The highest BCUT2D eigenvalue weighted by Gasteiger charge is 2.19. The van der Waals surface area contributed by atoms with Gasteiger partial charge in [-0.25, -0.2) is 4.98 Å². The van der Waals surface area contributed by atoms with Gasteiger partial charge in [-0.3, -0.25) is 4.79 Å². The van der Waals surface area contributed by atoms with Crippen LogP contribution in [0.15, 0.2) is 78.9 Å². The third-order valence-electron chi connectivity index (χ3n) is 5.65. The minimum atomic E-state index is -0.160. The van der Waals surface area contributed by atoms with Crippen LogP contribution in [0.3, 0.4) is 0 Å². The van der Waals surface area contributed by atoms with E-state index in [-0.39, 0.29) is 11.8 Å². The molecule has 1 amide bonds. The molecule has 4 nitrogen and oxygen atoms in total. The van der Waals surface area contributed by atoms with Crippen molar-refractivity contribution in [2.75, 3.05) is 5.32 Å². The van der Waals surface area contributed by atoms with E-state index < -0.39 is 0 Å². The molecule has 1 aromatic heterocycles. The Morgan fingerprint density at radius 2 is 1.67 bits per heavy atom. The number of fused-ring (bicyclic) bond motifs is 1. The summed E-state index contributed by atoms with van der Waals surface area (Å²) in [5.41, 5.74) is 5.12. The number of aryl methyl sites for hydroxylation is 3. The number of aromatic nitrogens is 2. The number of imidazole rings is 1. The average molecular weight is 398 g/mol. The molecule has 0 radical (unpaired) electrons. The first-order chi connectivity index (χ1) is 14.7. The maximum atomic E-state index is 12.9. The average Bonchev–Trinajstić information content (AvgIpc) is 3.09. The van der Waals surface area contributed by atoms with Crippen LogP contribution in [0.4, 0.5) is 5.69 Å². The minimum Gasteiger partial charge on any atom is -0.331 e. The summed E-state index contributed by atoms with van der Waals surface area (Å²) in [5.74, 6) is 0.906. The summed E-state index contributed by atoms with van der Waals surface area (Å²) in [6.07, 6.45) is 2.59. The molecule has 4 heteroatoms. The number of carbonyl (C=O) groups excluding carboxylic acids is 1. The van der Waals surface area contributed by atoms with Crippen molar-refractivity contribution in [3.8, 4) is 0 Å². The number of hydrogen-bond donors (Lipinski definition) is 1. The predicted octanol–water partition coefficient (Wildman–Crippen LogP) is 5.49. The van der Waals surface area contributed by atoms with Crippen LogP contribution in [0.2, 0.25) is 0 Å². The van der Waals surface area contributed by atoms with Crippen molar-refractivity contribution in [1.82, 2.24) is 9.55 Å². The van der Waals surface area contributed by atoms with Crippen molar-refractivity contribution < 1.29 is 4.79 Å². The largest absolute Gasteiger partial charge is 0.331 e. The van der Waals surface area contributed by atoms with E-state index in [0.717, 1.165) is 47.4 Å². The van der Waals surface area contributed by atoms with Gasteiger partial charge < -0.3 is 9.88 Å². The second-order valence-electron chi connectivity index (χ2n) is 7.64. The molecular formula is C26H27N3O. The van der Waals surface area contributed by atoms with Gasteiger partial charge in [-0.1, -0.05) is 67.6 Å². The lowest BCUT2D eigenvalue weighted by atomic mass is 9.95. The fourth-order valence-corrected chi connectivity index (χ4v) is 3.94. The smallest absolute Gasteiger partial charge is 0.231 e. The highest BCUT2D eigenvalue weighted by Crippen LogP contribution is 2.24. The van der Waals surface area contributed by atoms with Gasteiger partial charge in [0, 0.05) is 19.2 Å². The second kappa shape index (κ2) is 8.95. The van der Waals surface area contributed by atoms with Gasteiger partial charge >= 0.3 is 0 Å². The van der Waals surface area contributed by atoms with E-state index >= 15 is 0 Å². The Morgan fingerprint density at radius 1 is 0.967 bits per heavy atom. The molecule has 0 saturated carbocycles. The summed E-state index contributed by atoms with van der Waals surface area (Å²) < 4.78 is 2.14. The Labute approximate surface area is 177 Å². The number of benzene rings is 3. The van der Waals surface area contributed by atoms with Gasteiger partial charge in [0.25, 0.3) is 0 Å². The van der Waals surface area contributed by atoms with Crippen molar-refractivity contribution in [3.05, 3.63) is 95.8 Å². The van der Waals surface area contributed by atoms with E-state index in [1.807, 2.05) is 61.5 Å². The molecule has 0 aliphatic rings. The summed E-state index contributed by atoms with van der Waals surface area (Å²) in [4.78, 5) is 17.7. The Hall–Kier alpha value is -3.40. The fraction of sp³-hybridized carbons (Fsp3) is 0.231. The Balaban J connectivity index is 1.51. The highest BCUT2D eigenvalue weighted by molar-refractivity contribution is 5.97. The standard InChI is InChI=1S/C26H27N3O/c1-3-22(20-12-8-5-9-13-20)26(30)27-21-15-16-24-23(18-21)28-25(29(24)2)17-14-19-10-6-4-7-11-19/h4-13,15-16,18,22H,3,14,17H2,1-2H3,(H,27,30). The van der Waals surface area contributed by atoms with Crippen LogP contribution in [-0.4, -0.2) is 15.5 Å². The van der Waals surface area contributed by atoms with Gasteiger partial charge in [-0.15, -0.1) is 0 Å². The molecule has 1 N–H and O–H groups in total. The first-order valence-corrected chi connectivity index (χ1v) is 10.5. The lowest BCUT2D eigenvalue weighted by Crippen LogP contribution is -2.20. The summed E-state index contributed by atoms with van der Waals surface area (Å²) in [5, 5.41) is 3.08. The van der Waals surface area contributed by atoms with Crippen molar-refractivity contribution in [1.29, 1.82) is 0 Å². The van der Waals surface area contributed by atoms with E-state index in [9.17, 15) is 4.79 Å². The van der Waals surface area contributed by atoms with Crippen LogP contribution in [0.5, 0.6) is 0 Å². The zero-order valence-electron chi connectivity index (χ0n) is 17.5. The van der Waals surface area contributed by atoms with Crippen LogP contribution >= 0.6 is 0 Å². The minimum absolute atomic E-state index is 0.0169. The van der Waals surface area contributed by atoms with Crippen LogP contribution in [0.25, 0.3) is 11.0 Å². The number of anilines is 1. The molecule has 4 rings (SSSR count). The molecule has 0 aliphatic carbocycles. The molecule has 0 fully saturated rings. The topological polar surface area (TPSA) is 46.9 Å². The van der Waals surface area contributed by atoms with E-state index in [2.05, 4.69) is 41.2 Å². The second-order valence-corrected chi connectivity index (χ2v) is 7.64. The summed E-state index contributed by atoms with van der Waals surface area (Å²) >= 11 is 0. The molecule has 1 heterocycles. The molecule has 152 valence electrons. The molecule has 0 spiro atoms. The summed E-state index contributed by atoms with van der Waals surface area (Å²) in [7, 11) is 2.05. The molecule has 0 bridgehead atoms. The van der Waals surface area contributed by atoms with Crippen LogP contribution in [-0.2, 0) is 24.7 Å². The Kier molecular flexibility index (Phi) is 5.94. The van der Waals surface area contributed by atoms with Gasteiger partial charge in [0.15, 0.2) is 0 Å². The van der Waals surface area contributed by atoms with Gasteiger partial charge in [-0.05, 0) is 42.2 Å². The molecular weight excluding hydrogens is 370 g/mol. The van der Waals surface area contributed by atoms with Crippen molar-refractivity contribution in [2.45, 2.75) is 32.1 Å². The van der Waals surface area contributed by atoms with E-state index in [1.165, 1.54) is 5.56 Å².